The van der Waals surface area contributed by atoms with Crippen molar-refractivity contribution < 1.29 is 13.9 Å². The van der Waals surface area contributed by atoms with Gasteiger partial charge in [-0.2, -0.15) is 9.97 Å². The molecule has 0 amide bonds. The van der Waals surface area contributed by atoms with Crippen molar-refractivity contribution in [1.29, 1.82) is 0 Å². The molecule has 1 N–H and O–H groups in total. The number of methoxy groups -OCH3 is 1. The molecule has 0 unspecified atom stereocenters. The average Bonchev–Trinajstić information content (AvgIpc) is 2.45. The van der Waals surface area contributed by atoms with Gasteiger partial charge in [-0.05, 0) is 18.6 Å². The minimum Gasteiger partial charge on any atom is -0.467 e. The van der Waals surface area contributed by atoms with E-state index < -0.39 is 5.82 Å². The summed E-state index contributed by atoms with van der Waals surface area (Å²) in [5.41, 5.74) is 0. The number of hydrogen-bond acceptors (Lipinski definition) is 6. The number of benzene rings is 1. The van der Waals surface area contributed by atoms with Crippen molar-refractivity contribution >= 4 is 5.95 Å². The fourth-order valence-electron chi connectivity index (χ4n) is 1.43. The topological polar surface area (TPSA) is 69.2 Å². The Hall–Kier alpha value is -2.44. The van der Waals surface area contributed by atoms with E-state index >= 15 is 0 Å². The second-order valence-corrected chi connectivity index (χ2v) is 3.91. The second-order valence-electron chi connectivity index (χ2n) is 3.91. The van der Waals surface area contributed by atoms with Crippen molar-refractivity contribution in [2.24, 2.45) is 0 Å². The Bertz CT molecular complexity index is 580. The van der Waals surface area contributed by atoms with Crippen molar-refractivity contribution in [3.8, 4) is 17.8 Å². The molecule has 0 spiro atoms. The van der Waals surface area contributed by atoms with Gasteiger partial charge >= 0.3 is 12.0 Å². The molecule has 0 aliphatic heterocycles. The smallest absolute Gasteiger partial charge is 0.330 e. The SMILES string of the molecule is CCCNc1nc(OC)nc(Oc2cccc(F)c2)n1. The van der Waals surface area contributed by atoms with Gasteiger partial charge in [0.05, 0.1) is 7.11 Å². The maximum Gasteiger partial charge on any atom is 0.330 e. The van der Waals surface area contributed by atoms with Gasteiger partial charge in [0, 0.05) is 12.6 Å². The van der Waals surface area contributed by atoms with Crippen LogP contribution in [0.5, 0.6) is 17.8 Å². The fourth-order valence-corrected chi connectivity index (χ4v) is 1.43. The van der Waals surface area contributed by atoms with Gasteiger partial charge in [-0.3, -0.25) is 0 Å². The Labute approximate surface area is 116 Å². The molecule has 1 heterocycles. The van der Waals surface area contributed by atoms with Crippen LogP contribution >= 0.6 is 0 Å². The molecule has 0 fully saturated rings. The normalized spacial score (nSPS) is 10.2. The number of hydrogen-bond donors (Lipinski definition) is 1. The van der Waals surface area contributed by atoms with Gasteiger partial charge in [-0.25, -0.2) is 4.39 Å². The molecule has 1 aromatic heterocycles. The van der Waals surface area contributed by atoms with Crippen molar-refractivity contribution in [2.75, 3.05) is 19.0 Å². The summed E-state index contributed by atoms with van der Waals surface area (Å²) < 4.78 is 23.5. The van der Waals surface area contributed by atoms with Gasteiger partial charge in [-0.1, -0.05) is 13.0 Å². The number of rotatable bonds is 6. The number of aromatic nitrogens is 3. The van der Waals surface area contributed by atoms with Gasteiger partial charge < -0.3 is 14.8 Å². The molecule has 0 bridgehead atoms. The predicted molar refractivity (Wildman–Crippen MR) is 71.6 cm³/mol. The zero-order valence-corrected chi connectivity index (χ0v) is 11.3. The molecule has 2 aromatic rings. The van der Waals surface area contributed by atoms with Crippen molar-refractivity contribution in [3.63, 3.8) is 0 Å². The van der Waals surface area contributed by atoms with E-state index in [9.17, 15) is 4.39 Å². The summed E-state index contributed by atoms with van der Waals surface area (Å²) >= 11 is 0. The molecule has 7 heteroatoms. The molecule has 0 atom stereocenters. The summed E-state index contributed by atoms with van der Waals surface area (Å²) in [6.45, 7) is 2.74. The van der Waals surface area contributed by atoms with Gasteiger partial charge in [0.1, 0.15) is 11.6 Å². The lowest BCUT2D eigenvalue weighted by atomic mass is 10.3. The molecule has 106 valence electrons. The van der Waals surface area contributed by atoms with Crippen LogP contribution in [0.1, 0.15) is 13.3 Å². The number of ether oxygens (including phenoxy) is 2. The van der Waals surface area contributed by atoms with Gasteiger partial charge in [-0.15, -0.1) is 4.98 Å². The van der Waals surface area contributed by atoms with Crippen LogP contribution in [0.2, 0.25) is 0 Å². The zero-order chi connectivity index (χ0) is 14.4. The number of anilines is 1. The first-order chi connectivity index (χ1) is 9.71. The Kier molecular flexibility index (Phi) is 4.65. The van der Waals surface area contributed by atoms with Crippen LogP contribution in [0.15, 0.2) is 24.3 Å². The van der Waals surface area contributed by atoms with Crippen LogP contribution in [-0.4, -0.2) is 28.6 Å². The molecule has 2 rings (SSSR count). The number of halogens is 1. The van der Waals surface area contributed by atoms with Gasteiger partial charge in [0.15, 0.2) is 0 Å². The monoisotopic (exact) mass is 278 g/mol. The second kappa shape index (κ2) is 6.65. The maximum absolute atomic E-state index is 13.1. The van der Waals surface area contributed by atoms with Crippen molar-refractivity contribution in [2.45, 2.75) is 13.3 Å². The molecule has 1 aromatic carbocycles. The molecule has 0 saturated heterocycles. The summed E-state index contributed by atoms with van der Waals surface area (Å²) in [5.74, 6) is 0.262. The Balaban J connectivity index is 2.21. The summed E-state index contributed by atoms with van der Waals surface area (Å²) in [4.78, 5) is 12.1. The lowest BCUT2D eigenvalue weighted by Gasteiger charge is -2.08. The maximum atomic E-state index is 13.1. The molecular formula is C13H15FN4O2. The van der Waals surface area contributed by atoms with Crippen LogP contribution in [-0.2, 0) is 0 Å². The molecule has 6 nitrogen and oxygen atoms in total. The van der Waals surface area contributed by atoms with E-state index in [1.807, 2.05) is 6.92 Å². The highest BCUT2D eigenvalue weighted by Crippen LogP contribution is 2.21. The van der Waals surface area contributed by atoms with E-state index in [1.165, 1.54) is 19.2 Å². The largest absolute Gasteiger partial charge is 0.467 e. The third kappa shape index (κ3) is 3.78. The standard InChI is InChI=1S/C13H15FN4O2/c1-3-7-15-11-16-12(19-2)18-13(17-11)20-10-6-4-5-9(14)8-10/h4-6,8H,3,7H2,1-2H3,(H,15,16,17,18). The lowest BCUT2D eigenvalue weighted by Crippen LogP contribution is -2.07. The number of nitrogens with one attached hydrogen (secondary N) is 1. The van der Waals surface area contributed by atoms with Crippen LogP contribution in [0, 0.1) is 5.82 Å². The summed E-state index contributed by atoms with van der Waals surface area (Å²) in [6.07, 6.45) is 0.925. The first kappa shape index (κ1) is 14.0. The van der Waals surface area contributed by atoms with Crippen LogP contribution in [0.4, 0.5) is 10.3 Å². The average molecular weight is 278 g/mol. The van der Waals surface area contributed by atoms with E-state index in [1.54, 1.807) is 12.1 Å². The van der Waals surface area contributed by atoms with E-state index in [0.717, 1.165) is 6.42 Å². The first-order valence-corrected chi connectivity index (χ1v) is 6.18. The van der Waals surface area contributed by atoms with E-state index in [-0.39, 0.29) is 12.0 Å². The Morgan fingerprint density at radius 3 is 2.70 bits per heavy atom. The fraction of sp³-hybridized carbons (Fsp3) is 0.308. The third-order valence-corrected chi connectivity index (χ3v) is 2.32. The minimum absolute atomic E-state index is 0.0426. The molecule has 0 radical (unpaired) electrons. The summed E-state index contributed by atoms with van der Waals surface area (Å²) in [6, 6.07) is 5.90. The zero-order valence-electron chi connectivity index (χ0n) is 11.3. The van der Waals surface area contributed by atoms with Crippen molar-refractivity contribution in [3.05, 3.63) is 30.1 Å². The Morgan fingerprint density at radius 1 is 1.20 bits per heavy atom. The molecule has 0 aliphatic carbocycles. The van der Waals surface area contributed by atoms with Crippen LogP contribution in [0.3, 0.4) is 0 Å². The molecule has 0 aliphatic rings. The highest BCUT2D eigenvalue weighted by Gasteiger charge is 2.09. The molecule has 20 heavy (non-hydrogen) atoms. The lowest BCUT2D eigenvalue weighted by molar-refractivity contribution is 0.359. The molecule has 0 saturated carbocycles. The van der Waals surface area contributed by atoms with Gasteiger partial charge in [0.25, 0.3) is 0 Å². The quantitative estimate of drug-likeness (QED) is 0.876. The highest BCUT2D eigenvalue weighted by molar-refractivity contribution is 5.30. The van der Waals surface area contributed by atoms with Crippen LogP contribution in [0.25, 0.3) is 0 Å². The summed E-state index contributed by atoms with van der Waals surface area (Å²) in [7, 11) is 1.45. The predicted octanol–water partition coefficient (Wildman–Crippen LogP) is 2.63. The highest BCUT2D eigenvalue weighted by atomic mass is 19.1. The molecular weight excluding hydrogens is 263 g/mol. The van der Waals surface area contributed by atoms with E-state index in [0.29, 0.717) is 18.2 Å². The van der Waals surface area contributed by atoms with E-state index in [4.69, 9.17) is 9.47 Å². The third-order valence-electron chi connectivity index (χ3n) is 2.32. The Morgan fingerprint density at radius 2 is 2.00 bits per heavy atom. The number of nitrogens with zero attached hydrogens (tertiary/aromatic N) is 3. The first-order valence-electron chi connectivity index (χ1n) is 6.18. The van der Waals surface area contributed by atoms with Gasteiger partial charge in [0.2, 0.25) is 5.95 Å². The van der Waals surface area contributed by atoms with Crippen molar-refractivity contribution in [1.82, 2.24) is 15.0 Å². The minimum atomic E-state index is -0.396. The summed E-state index contributed by atoms with van der Waals surface area (Å²) in [5, 5.41) is 3.01. The van der Waals surface area contributed by atoms with E-state index in [2.05, 4.69) is 20.3 Å². The van der Waals surface area contributed by atoms with Crippen LogP contribution < -0.4 is 14.8 Å².